The van der Waals surface area contributed by atoms with Crippen LogP contribution in [0.5, 0.6) is 5.75 Å². The number of ether oxygens (including phenoxy) is 1. The van der Waals surface area contributed by atoms with E-state index in [4.69, 9.17) is 24.9 Å². The zero-order valence-electron chi connectivity index (χ0n) is 11.3. The second-order valence-electron chi connectivity index (χ2n) is 3.44. The number of hydrogen-bond acceptors (Lipinski definition) is 3. The number of methoxy groups -OCH3 is 1. The fraction of sp³-hybridized carbons (Fsp3) is 0.0667. The largest absolute Gasteiger partial charge is 0.503 e. The molecule has 0 aliphatic rings. The van der Waals surface area contributed by atoms with Crippen LogP contribution in [0.25, 0.3) is 0 Å². The highest BCUT2D eigenvalue weighted by atomic mass is 16.6. The molecular formula is C15H16O6. The van der Waals surface area contributed by atoms with Gasteiger partial charge in [0.15, 0.2) is 0 Å². The molecule has 0 radical (unpaired) electrons. The van der Waals surface area contributed by atoms with Gasteiger partial charge < -0.3 is 20.1 Å². The molecule has 0 bridgehead atoms. The first kappa shape index (κ1) is 18.0. The van der Waals surface area contributed by atoms with Gasteiger partial charge in [-0.25, -0.2) is 9.59 Å². The molecule has 0 fully saturated rings. The second kappa shape index (κ2) is 10.9. The third-order valence-corrected chi connectivity index (χ3v) is 2.00. The summed E-state index contributed by atoms with van der Waals surface area (Å²) in [6.45, 7) is 0. The summed E-state index contributed by atoms with van der Waals surface area (Å²) in [5.74, 6) is -0.581. The van der Waals surface area contributed by atoms with Crippen molar-refractivity contribution in [2.75, 3.05) is 7.11 Å². The van der Waals surface area contributed by atoms with Gasteiger partial charge in [-0.2, -0.15) is 0 Å². The smallest absolute Gasteiger partial charge is 0.496 e. The van der Waals surface area contributed by atoms with Crippen LogP contribution in [0, 0.1) is 0 Å². The van der Waals surface area contributed by atoms with E-state index in [1.54, 1.807) is 18.2 Å². The van der Waals surface area contributed by atoms with Gasteiger partial charge in [-0.05, 0) is 12.1 Å². The molecule has 3 N–H and O–H groups in total. The van der Waals surface area contributed by atoms with E-state index in [0.29, 0.717) is 5.75 Å². The molecule has 6 nitrogen and oxygen atoms in total. The van der Waals surface area contributed by atoms with Gasteiger partial charge >= 0.3 is 12.1 Å². The van der Waals surface area contributed by atoms with E-state index in [0.717, 1.165) is 0 Å². The number of benzene rings is 2. The fourth-order valence-electron chi connectivity index (χ4n) is 1.21. The minimum absolute atomic E-state index is 0.190. The zero-order valence-corrected chi connectivity index (χ0v) is 11.3. The molecule has 0 unspecified atom stereocenters. The number of aromatic carboxylic acids is 1. The minimum Gasteiger partial charge on any atom is -0.496 e. The highest BCUT2D eigenvalue weighted by Gasteiger charge is 2.07. The quantitative estimate of drug-likeness (QED) is 0.784. The van der Waals surface area contributed by atoms with Crippen molar-refractivity contribution in [3.8, 4) is 5.75 Å². The molecule has 0 aliphatic carbocycles. The lowest BCUT2D eigenvalue weighted by atomic mass is 10.2. The summed E-state index contributed by atoms with van der Waals surface area (Å²) in [4.78, 5) is 19.1. The Morgan fingerprint density at radius 2 is 1.19 bits per heavy atom. The monoisotopic (exact) mass is 292 g/mol. The van der Waals surface area contributed by atoms with Crippen LogP contribution in [0.4, 0.5) is 4.79 Å². The minimum atomic E-state index is -1.83. The summed E-state index contributed by atoms with van der Waals surface area (Å²) < 4.78 is 4.83. The predicted molar refractivity (Wildman–Crippen MR) is 77.0 cm³/mol. The van der Waals surface area contributed by atoms with Crippen LogP contribution >= 0.6 is 0 Å². The Labute approximate surface area is 121 Å². The molecule has 0 atom stereocenters. The van der Waals surface area contributed by atoms with Crippen molar-refractivity contribution in [2.45, 2.75) is 0 Å². The van der Waals surface area contributed by atoms with E-state index < -0.39 is 12.1 Å². The SMILES string of the molecule is COc1ccccc1C(=O)O.O=C(O)O.c1ccccc1. The van der Waals surface area contributed by atoms with E-state index in [2.05, 4.69) is 0 Å². The first-order chi connectivity index (χ1) is 9.99. The summed E-state index contributed by atoms with van der Waals surface area (Å²) in [6.07, 6.45) is -1.83. The van der Waals surface area contributed by atoms with Crippen LogP contribution in [-0.2, 0) is 0 Å². The Hall–Kier alpha value is -3.02. The summed E-state index contributed by atoms with van der Waals surface area (Å²) in [5.41, 5.74) is 0.190. The van der Waals surface area contributed by atoms with E-state index in [1.165, 1.54) is 13.2 Å². The molecule has 6 heteroatoms. The molecule has 0 amide bonds. The first-order valence-electron chi connectivity index (χ1n) is 5.77. The van der Waals surface area contributed by atoms with Crippen molar-refractivity contribution in [2.24, 2.45) is 0 Å². The second-order valence-corrected chi connectivity index (χ2v) is 3.44. The number of carboxylic acid groups (broad SMARTS) is 3. The van der Waals surface area contributed by atoms with Gasteiger partial charge in [0, 0.05) is 0 Å². The van der Waals surface area contributed by atoms with Crippen LogP contribution in [0.3, 0.4) is 0 Å². The molecular weight excluding hydrogens is 276 g/mol. The summed E-state index contributed by atoms with van der Waals surface area (Å²) in [6, 6.07) is 18.5. The molecule has 0 spiro atoms. The maximum absolute atomic E-state index is 10.5. The van der Waals surface area contributed by atoms with Gasteiger partial charge in [-0.3, -0.25) is 0 Å². The van der Waals surface area contributed by atoms with E-state index >= 15 is 0 Å². The highest BCUT2D eigenvalue weighted by molar-refractivity contribution is 5.90. The molecule has 2 aromatic carbocycles. The van der Waals surface area contributed by atoms with Crippen molar-refractivity contribution >= 4 is 12.1 Å². The molecule has 0 aromatic heterocycles. The molecule has 2 aromatic rings. The number of rotatable bonds is 2. The van der Waals surface area contributed by atoms with E-state index in [1.807, 2.05) is 36.4 Å². The Morgan fingerprint density at radius 3 is 1.48 bits per heavy atom. The van der Waals surface area contributed by atoms with Crippen LogP contribution < -0.4 is 4.74 Å². The van der Waals surface area contributed by atoms with E-state index in [9.17, 15) is 4.79 Å². The lowest BCUT2D eigenvalue weighted by Gasteiger charge is -2.01. The number of para-hydroxylation sites is 1. The Morgan fingerprint density at radius 1 is 0.810 bits per heavy atom. The average molecular weight is 292 g/mol. The molecule has 2 rings (SSSR count). The van der Waals surface area contributed by atoms with E-state index in [-0.39, 0.29) is 5.56 Å². The Kier molecular flexibility index (Phi) is 9.30. The number of carboxylic acids is 1. The van der Waals surface area contributed by atoms with Crippen LogP contribution in [0.15, 0.2) is 60.7 Å². The summed E-state index contributed by atoms with van der Waals surface area (Å²) in [7, 11) is 1.45. The first-order valence-corrected chi connectivity index (χ1v) is 5.77. The van der Waals surface area contributed by atoms with Crippen molar-refractivity contribution in [3.63, 3.8) is 0 Å². The van der Waals surface area contributed by atoms with Crippen molar-refractivity contribution in [1.29, 1.82) is 0 Å². The standard InChI is InChI=1S/C8H8O3.C6H6.CH2O3/c1-11-7-5-3-2-4-6(7)8(9)10;1-2-4-6-5-3-1;2-1(3)4/h2-5H,1H3,(H,9,10);1-6H;(H2,2,3,4). The van der Waals surface area contributed by atoms with Gasteiger partial charge in [0.05, 0.1) is 7.11 Å². The van der Waals surface area contributed by atoms with Gasteiger partial charge in [0.2, 0.25) is 0 Å². The van der Waals surface area contributed by atoms with Gasteiger partial charge in [-0.1, -0.05) is 48.5 Å². The third-order valence-electron chi connectivity index (χ3n) is 2.00. The average Bonchev–Trinajstić information content (AvgIpc) is 2.49. The van der Waals surface area contributed by atoms with Crippen LogP contribution in [0.2, 0.25) is 0 Å². The number of hydrogen-bond donors (Lipinski definition) is 3. The summed E-state index contributed by atoms with van der Waals surface area (Å²) in [5, 5.41) is 22.6. The number of carbonyl (C=O) groups is 2. The van der Waals surface area contributed by atoms with Crippen LogP contribution in [0.1, 0.15) is 10.4 Å². The Balaban J connectivity index is 0.000000335. The lowest BCUT2D eigenvalue weighted by Crippen LogP contribution is -1.99. The maximum Gasteiger partial charge on any atom is 0.503 e. The zero-order chi connectivity index (χ0) is 16.1. The molecule has 0 saturated carbocycles. The van der Waals surface area contributed by atoms with Crippen molar-refractivity contribution in [1.82, 2.24) is 0 Å². The van der Waals surface area contributed by atoms with Crippen LogP contribution in [-0.4, -0.2) is 34.6 Å². The predicted octanol–water partition coefficient (Wildman–Crippen LogP) is 3.30. The molecule has 0 heterocycles. The fourth-order valence-corrected chi connectivity index (χ4v) is 1.21. The summed E-state index contributed by atoms with van der Waals surface area (Å²) >= 11 is 0. The molecule has 0 saturated heterocycles. The normalized spacial score (nSPS) is 8.24. The van der Waals surface area contributed by atoms with Crippen molar-refractivity contribution < 1.29 is 29.6 Å². The maximum atomic E-state index is 10.5. The molecule has 21 heavy (non-hydrogen) atoms. The molecule has 0 aliphatic heterocycles. The Bertz CT molecular complexity index is 508. The topological polar surface area (TPSA) is 104 Å². The van der Waals surface area contributed by atoms with Gasteiger partial charge in [-0.15, -0.1) is 0 Å². The lowest BCUT2D eigenvalue weighted by molar-refractivity contribution is 0.0693. The third kappa shape index (κ3) is 9.54. The van der Waals surface area contributed by atoms with Gasteiger partial charge in [0.25, 0.3) is 0 Å². The highest BCUT2D eigenvalue weighted by Crippen LogP contribution is 2.16. The van der Waals surface area contributed by atoms with Crippen molar-refractivity contribution in [3.05, 3.63) is 66.2 Å². The van der Waals surface area contributed by atoms with Gasteiger partial charge in [0.1, 0.15) is 11.3 Å². The molecule has 112 valence electrons.